The number of anilines is 1. The quantitative estimate of drug-likeness (QED) is 0.232. The molecular weight excluding hydrogens is 613 g/mol. The van der Waals surface area contributed by atoms with Gasteiger partial charge in [0.15, 0.2) is 0 Å². The van der Waals surface area contributed by atoms with Gasteiger partial charge in [-0.25, -0.2) is 8.42 Å². The lowest BCUT2D eigenvalue weighted by Gasteiger charge is -2.34. The Kier molecular flexibility index (Phi) is 12.1. The molecule has 0 aromatic heterocycles. The second kappa shape index (κ2) is 15.3. The van der Waals surface area contributed by atoms with Crippen LogP contribution in [0.1, 0.15) is 39.2 Å². The molecule has 0 heterocycles. The Hall–Kier alpha value is -3.47. The summed E-state index contributed by atoms with van der Waals surface area (Å²) < 4.78 is 39.9. The fraction of sp³-hybridized carbons (Fsp3) is 0.355. The minimum Gasteiger partial charge on any atom is -0.497 e. The van der Waals surface area contributed by atoms with E-state index in [1.165, 1.54) is 43.4 Å². The summed E-state index contributed by atoms with van der Waals surface area (Å²) in [6.45, 7) is 5.00. The summed E-state index contributed by atoms with van der Waals surface area (Å²) in [6.07, 6.45) is 0.986. The van der Waals surface area contributed by atoms with Gasteiger partial charge in [-0.15, -0.1) is 0 Å². The maximum absolute atomic E-state index is 14.2. The molecule has 232 valence electrons. The van der Waals surface area contributed by atoms with E-state index in [0.29, 0.717) is 27.8 Å². The van der Waals surface area contributed by atoms with Crippen LogP contribution in [0.3, 0.4) is 0 Å². The molecule has 12 heteroatoms. The first-order valence-corrected chi connectivity index (χ1v) is 16.0. The van der Waals surface area contributed by atoms with Crippen molar-refractivity contribution < 1.29 is 27.5 Å². The van der Waals surface area contributed by atoms with Crippen LogP contribution < -0.4 is 19.1 Å². The second-order valence-corrected chi connectivity index (χ2v) is 12.5. The van der Waals surface area contributed by atoms with Gasteiger partial charge in [0.25, 0.3) is 10.0 Å². The van der Waals surface area contributed by atoms with E-state index in [0.717, 1.165) is 4.31 Å². The van der Waals surface area contributed by atoms with E-state index in [4.69, 9.17) is 32.7 Å². The van der Waals surface area contributed by atoms with Crippen molar-refractivity contribution in [1.82, 2.24) is 10.2 Å². The van der Waals surface area contributed by atoms with E-state index in [1.807, 2.05) is 13.8 Å². The second-order valence-electron chi connectivity index (χ2n) is 9.87. The van der Waals surface area contributed by atoms with Gasteiger partial charge in [-0.05, 0) is 73.9 Å². The predicted molar refractivity (Wildman–Crippen MR) is 170 cm³/mol. The minimum atomic E-state index is -4.29. The van der Waals surface area contributed by atoms with E-state index < -0.39 is 28.5 Å². The van der Waals surface area contributed by atoms with E-state index in [1.54, 1.807) is 49.4 Å². The predicted octanol–water partition coefficient (Wildman–Crippen LogP) is 5.93. The number of nitrogens with zero attached hydrogens (tertiary/aromatic N) is 2. The molecule has 0 radical (unpaired) electrons. The Morgan fingerprint density at radius 3 is 2.16 bits per heavy atom. The molecule has 3 aromatic carbocycles. The summed E-state index contributed by atoms with van der Waals surface area (Å²) in [5.74, 6) is -0.206. The number of ether oxygens (including phenoxy) is 2. The van der Waals surface area contributed by atoms with Crippen LogP contribution in [0, 0.1) is 0 Å². The van der Waals surface area contributed by atoms with Crippen LogP contribution in [0.4, 0.5) is 5.69 Å². The number of halogens is 2. The fourth-order valence-corrected chi connectivity index (χ4v) is 6.16. The largest absolute Gasteiger partial charge is 0.497 e. The number of carbonyl (C=O) groups excluding carboxylic acids is 2. The number of sulfonamides is 1. The molecule has 2 atom stereocenters. The van der Waals surface area contributed by atoms with Crippen LogP contribution in [-0.4, -0.2) is 58.0 Å². The van der Waals surface area contributed by atoms with Crippen molar-refractivity contribution in [1.29, 1.82) is 0 Å². The zero-order chi connectivity index (χ0) is 31.7. The Balaban J connectivity index is 2.11. The van der Waals surface area contributed by atoms with Gasteiger partial charge >= 0.3 is 0 Å². The van der Waals surface area contributed by atoms with E-state index >= 15 is 0 Å². The van der Waals surface area contributed by atoms with Crippen LogP contribution in [0.2, 0.25) is 10.0 Å². The molecule has 2 amide bonds. The number of methoxy groups -OCH3 is 2. The third kappa shape index (κ3) is 8.34. The van der Waals surface area contributed by atoms with Crippen molar-refractivity contribution in [3.8, 4) is 11.5 Å². The molecule has 1 N–H and O–H groups in total. The van der Waals surface area contributed by atoms with Crippen molar-refractivity contribution in [3.63, 3.8) is 0 Å². The molecule has 0 saturated carbocycles. The molecule has 9 nitrogen and oxygen atoms in total. The Labute approximate surface area is 263 Å². The Morgan fingerprint density at radius 1 is 0.907 bits per heavy atom. The molecule has 3 rings (SSSR count). The zero-order valence-electron chi connectivity index (χ0n) is 24.8. The number of hydrogen-bond donors (Lipinski definition) is 1. The van der Waals surface area contributed by atoms with Crippen molar-refractivity contribution >= 4 is 50.7 Å². The number of hydrogen-bond acceptors (Lipinski definition) is 6. The number of amides is 2. The minimum absolute atomic E-state index is 0.00942. The summed E-state index contributed by atoms with van der Waals surface area (Å²) in [4.78, 5) is 29.0. The molecule has 43 heavy (non-hydrogen) atoms. The van der Waals surface area contributed by atoms with Crippen molar-refractivity contribution in [3.05, 3.63) is 82.3 Å². The van der Waals surface area contributed by atoms with Gasteiger partial charge in [-0.3, -0.25) is 13.9 Å². The number of para-hydroxylation sites is 2. The zero-order valence-corrected chi connectivity index (χ0v) is 27.2. The van der Waals surface area contributed by atoms with E-state index in [2.05, 4.69) is 5.32 Å². The molecule has 0 aliphatic heterocycles. The summed E-state index contributed by atoms with van der Waals surface area (Å²) >= 11 is 12.4. The van der Waals surface area contributed by atoms with Gasteiger partial charge in [0.2, 0.25) is 11.8 Å². The van der Waals surface area contributed by atoms with Gasteiger partial charge in [0.1, 0.15) is 24.1 Å². The van der Waals surface area contributed by atoms with Crippen molar-refractivity contribution in [2.24, 2.45) is 0 Å². The molecule has 0 aliphatic carbocycles. The third-order valence-electron chi connectivity index (χ3n) is 7.00. The third-order valence-corrected chi connectivity index (χ3v) is 9.52. The smallest absolute Gasteiger partial charge is 0.264 e. The van der Waals surface area contributed by atoms with Crippen molar-refractivity contribution in [2.75, 3.05) is 25.1 Å². The standard InChI is InChI=1S/C31H37Cl2N3O6S/c1-6-21(3)34-31(38)27(7-2)35(19-22-12-17-25(32)26(33)18-22)30(37)20-36(28-10-8-9-11-29(28)42-5)43(39,40)24-15-13-23(41-4)14-16-24/h8-18,21,27H,6-7,19-20H2,1-5H3,(H,34,38)/t21-,27-/m1/s1. The SMILES string of the molecule is CC[C@@H](C)NC(=O)[C@@H](CC)N(Cc1ccc(Cl)c(Cl)c1)C(=O)CN(c1ccccc1OC)S(=O)(=O)c1ccc(OC)cc1. The topological polar surface area (TPSA) is 105 Å². The maximum atomic E-state index is 14.2. The molecule has 0 fully saturated rings. The highest BCUT2D eigenvalue weighted by atomic mass is 35.5. The van der Waals surface area contributed by atoms with Crippen molar-refractivity contribution in [2.45, 2.75) is 57.1 Å². The molecular formula is C31H37Cl2N3O6S. The molecule has 0 bridgehead atoms. The van der Waals surface area contributed by atoms with Crippen LogP contribution in [0.5, 0.6) is 11.5 Å². The lowest BCUT2D eigenvalue weighted by Crippen LogP contribution is -2.53. The normalized spacial score (nSPS) is 12.6. The van der Waals surface area contributed by atoms with Crippen LogP contribution in [0.15, 0.2) is 71.6 Å². The summed E-state index contributed by atoms with van der Waals surface area (Å²) in [6, 6.07) is 16.3. The highest BCUT2D eigenvalue weighted by Gasteiger charge is 2.35. The first-order chi connectivity index (χ1) is 20.5. The highest BCUT2D eigenvalue weighted by Crippen LogP contribution is 2.33. The van der Waals surface area contributed by atoms with Crippen LogP contribution in [0.25, 0.3) is 0 Å². The van der Waals surface area contributed by atoms with Gasteiger partial charge in [-0.1, -0.05) is 55.2 Å². The molecule has 0 unspecified atom stereocenters. The van der Waals surface area contributed by atoms with E-state index in [9.17, 15) is 18.0 Å². The highest BCUT2D eigenvalue weighted by molar-refractivity contribution is 7.92. The molecule has 0 aliphatic rings. The number of benzene rings is 3. The molecule has 0 spiro atoms. The summed E-state index contributed by atoms with van der Waals surface area (Å²) in [5, 5.41) is 3.59. The van der Waals surface area contributed by atoms with Gasteiger partial charge in [0, 0.05) is 12.6 Å². The monoisotopic (exact) mass is 649 g/mol. The number of nitrogens with one attached hydrogen (secondary N) is 1. The Morgan fingerprint density at radius 2 is 1.58 bits per heavy atom. The van der Waals surface area contributed by atoms with Crippen LogP contribution >= 0.6 is 23.2 Å². The first kappa shape index (κ1) is 34.0. The van der Waals surface area contributed by atoms with Gasteiger partial charge < -0.3 is 19.7 Å². The number of carbonyl (C=O) groups is 2. The maximum Gasteiger partial charge on any atom is 0.264 e. The lowest BCUT2D eigenvalue weighted by atomic mass is 10.1. The van der Waals surface area contributed by atoms with Gasteiger partial charge in [0.05, 0.1) is 34.8 Å². The lowest BCUT2D eigenvalue weighted by molar-refractivity contribution is -0.140. The average Bonchev–Trinajstić information content (AvgIpc) is 3.01. The summed E-state index contributed by atoms with van der Waals surface area (Å²) in [5.41, 5.74) is 0.792. The van der Waals surface area contributed by atoms with Gasteiger partial charge in [-0.2, -0.15) is 0 Å². The first-order valence-electron chi connectivity index (χ1n) is 13.8. The Bertz CT molecular complexity index is 1520. The van der Waals surface area contributed by atoms with Crippen LogP contribution in [-0.2, 0) is 26.2 Å². The number of rotatable bonds is 14. The summed E-state index contributed by atoms with van der Waals surface area (Å²) in [7, 11) is -1.39. The molecule has 3 aromatic rings. The fourth-order valence-electron chi connectivity index (χ4n) is 4.42. The van der Waals surface area contributed by atoms with E-state index in [-0.39, 0.29) is 41.2 Å². The average molecular weight is 651 g/mol. The molecule has 0 saturated heterocycles.